The number of carbonyl (C=O) groups excluding carboxylic acids is 1. The monoisotopic (exact) mass is 226 g/mol. The SMILES string of the molecule is O=C(C#CCc1ccccc1)c1cccs1. The summed E-state index contributed by atoms with van der Waals surface area (Å²) in [5.41, 5.74) is 1.13. The Balaban J connectivity index is 1.99. The summed E-state index contributed by atoms with van der Waals surface area (Å²) in [7, 11) is 0. The molecule has 0 aliphatic rings. The summed E-state index contributed by atoms with van der Waals surface area (Å²) >= 11 is 1.43. The van der Waals surface area contributed by atoms with E-state index in [4.69, 9.17) is 0 Å². The second-order valence-electron chi connectivity index (χ2n) is 3.27. The zero-order chi connectivity index (χ0) is 11.2. The van der Waals surface area contributed by atoms with Crippen molar-refractivity contribution < 1.29 is 4.79 Å². The Labute approximate surface area is 98.7 Å². The third-order valence-corrected chi connectivity index (χ3v) is 2.95. The molecule has 0 amide bonds. The number of hydrogen-bond acceptors (Lipinski definition) is 2. The lowest BCUT2D eigenvalue weighted by Gasteiger charge is -1.91. The van der Waals surface area contributed by atoms with E-state index in [0.717, 1.165) is 5.56 Å². The van der Waals surface area contributed by atoms with Gasteiger partial charge in [0, 0.05) is 6.42 Å². The maximum absolute atomic E-state index is 11.5. The predicted molar refractivity (Wildman–Crippen MR) is 66.6 cm³/mol. The summed E-state index contributed by atoms with van der Waals surface area (Å²) in [6, 6.07) is 13.6. The molecule has 0 fully saturated rings. The minimum atomic E-state index is -0.0917. The largest absolute Gasteiger partial charge is 0.278 e. The van der Waals surface area contributed by atoms with Crippen molar-refractivity contribution in [3.05, 3.63) is 58.3 Å². The lowest BCUT2D eigenvalue weighted by Crippen LogP contribution is -1.90. The van der Waals surface area contributed by atoms with E-state index in [9.17, 15) is 4.79 Å². The van der Waals surface area contributed by atoms with Crippen LogP contribution in [0.25, 0.3) is 0 Å². The first-order chi connectivity index (χ1) is 7.86. The van der Waals surface area contributed by atoms with Gasteiger partial charge in [-0.1, -0.05) is 42.3 Å². The molecular weight excluding hydrogens is 216 g/mol. The minimum Gasteiger partial charge on any atom is -0.278 e. The van der Waals surface area contributed by atoms with Gasteiger partial charge in [-0.05, 0) is 22.9 Å². The molecule has 2 heteroatoms. The Kier molecular flexibility index (Phi) is 3.53. The molecule has 1 heterocycles. The molecule has 0 N–H and O–H groups in total. The molecule has 0 saturated heterocycles. The minimum absolute atomic E-state index is 0.0917. The van der Waals surface area contributed by atoms with Crippen LogP contribution in [-0.4, -0.2) is 5.78 Å². The second-order valence-corrected chi connectivity index (χ2v) is 4.22. The van der Waals surface area contributed by atoms with Crippen LogP contribution in [0, 0.1) is 11.8 Å². The number of thiophene rings is 1. The third kappa shape index (κ3) is 2.82. The van der Waals surface area contributed by atoms with E-state index in [2.05, 4.69) is 11.8 Å². The van der Waals surface area contributed by atoms with Gasteiger partial charge in [0.2, 0.25) is 5.78 Å². The first-order valence-electron chi connectivity index (χ1n) is 4.97. The molecule has 0 bridgehead atoms. The van der Waals surface area contributed by atoms with Gasteiger partial charge in [-0.3, -0.25) is 4.79 Å². The first kappa shape index (κ1) is 10.7. The highest BCUT2D eigenvalue weighted by molar-refractivity contribution is 7.12. The topological polar surface area (TPSA) is 17.1 Å². The predicted octanol–water partition coefficient (Wildman–Crippen LogP) is 3.18. The maximum atomic E-state index is 11.5. The molecule has 0 aliphatic carbocycles. The van der Waals surface area contributed by atoms with Crippen LogP contribution in [-0.2, 0) is 6.42 Å². The number of hydrogen-bond donors (Lipinski definition) is 0. The molecule has 1 aromatic carbocycles. The van der Waals surface area contributed by atoms with Crippen molar-refractivity contribution in [2.45, 2.75) is 6.42 Å². The molecular formula is C14H10OS. The Bertz CT molecular complexity index is 515. The van der Waals surface area contributed by atoms with Crippen LogP contribution >= 0.6 is 11.3 Å². The van der Waals surface area contributed by atoms with Gasteiger partial charge >= 0.3 is 0 Å². The number of Topliss-reactive ketones (excluding diaryl/α,β-unsaturated/α-hetero) is 1. The molecule has 78 valence electrons. The van der Waals surface area contributed by atoms with Gasteiger partial charge in [0.15, 0.2) is 0 Å². The quantitative estimate of drug-likeness (QED) is 0.436. The van der Waals surface area contributed by atoms with Gasteiger partial charge in [-0.15, -0.1) is 11.3 Å². The van der Waals surface area contributed by atoms with Crippen molar-refractivity contribution in [1.29, 1.82) is 0 Å². The van der Waals surface area contributed by atoms with Crippen LogP contribution in [0.3, 0.4) is 0 Å². The zero-order valence-corrected chi connectivity index (χ0v) is 9.46. The van der Waals surface area contributed by atoms with Crippen molar-refractivity contribution in [2.75, 3.05) is 0 Å². The van der Waals surface area contributed by atoms with Crippen LogP contribution in [0.15, 0.2) is 47.8 Å². The zero-order valence-electron chi connectivity index (χ0n) is 8.64. The summed E-state index contributed by atoms with van der Waals surface area (Å²) in [6.07, 6.45) is 0.623. The standard InChI is InChI=1S/C14H10OS/c15-13(14-10-5-11-16-14)9-4-8-12-6-2-1-3-7-12/h1-3,5-7,10-11H,8H2. The van der Waals surface area contributed by atoms with E-state index in [1.54, 1.807) is 6.07 Å². The Hall–Kier alpha value is -1.85. The molecule has 0 aliphatic heterocycles. The molecule has 0 saturated carbocycles. The summed E-state index contributed by atoms with van der Waals surface area (Å²) < 4.78 is 0. The molecule has 16 heavy (non-hydrogen) atoms. The van der Waals surface area contributed by atoms with E-state index < -0.39 is 0 Å². The molecule has 1 aromatic heterocycles. The van der Waals surface area contributed by atoms with Crippen LogP contribution in [0.5, 0.6) is 0 Å². The summed E-state index contributed by atoms with van der Waals surface area (Å²) in [4.78, 5) is 12.2. The Morgan fingerprint density at radius 2 is 1.94 bits per heavy atom. The fraction of sp³-hybridized carbons (Fsp3) is 0.0714. The van der Waals surface area contributed by atoms with Gasteiger partial charge in [-0.25, -0.2) is 0 Å². The van der Waals surface area contributed by atoms with Crippen LogP contribution in [0.4, 0.5) is 0 Å². The van der Waals surface area contributed by atoms with Crippen molar-refractivity contribution >= 4 is 17.1 Å². The van der Waals surface area contributed by atoms with Gasteiger partial charge in [0.25, 0.3) is 0 Å². The Morgan fingerprint density at radius 1 is 1.12 bits per heavy atom. The first-order valence-corrected chi connectivity index (χ1v) is 5.85. The summed E-state index contributed by atoms with van der Waals surface area (Å²) in [6.45, 7) is 0. The number of ketones is 1. The van der Waals surface area contributed by atoms with Crippen LogP contribution < -0.4 is 0 Å². The van der Waals surface area contributed by atoms with E-state index in [0.29, 0.717) is 11.3 Å². The number of carbonyl (C=O) groups is 1. The van der Waals surface area contributed by atoms with E-state index >= 15 is 0 Å². The summed E-state index contributed by atoms with van der Waals surface area (Å²) in [5, 5.41) is 1.88. The smallest absolute Gasteiger partial charge is 0.245 e. The van der Waals surface area contributed by atoms with E-state index in [-0.39, 0.29) is 5.78 Å². The molecule has 0 unspecified atom stereocenters. The van der Waals surface area contributed by atoms with Gasteiger partial charge in [0.1, 0.15) is 0 Å². The van der Waals surface area contributed by atoms with Crippen molar-refractivity contribution in [3.63, 3.8) is 0 Å². The third-order valence-electron chi connectivity index (χ3n) is 2.08. The van der Waals surface area contributed by atoms with Crippen LogP contribution in [0.2, 0.25) is 0 Å². The normalized spacial score (nSPS) is 9.25. The number of benzene rings is 1. The maximum Gasteiger partial charge on any atom is 0.245 e. The lowest BCUT2D eigenvalue weighted by atomic mass is 10.1. The fourth-order valence-electron chi connectivity index (χ4n) is 1.29. The van der Waals surface area contributed by atoms with Crippen molar-refractivity contribution in [3.8, 4) is 11.8 Å². The molecule has 0 atom stereocenters. The molecule has 2 aromatic rings. The summed E-state index contributed by atoms with van der Waals surface area (Å²) in [5.74, 6) is 5.46. The highest BCUT2D eigenvalue weighted by Crippen LogP contribution is 2.08. The highest BCUT2D eigenvalue weighted by Gasteiger charge is 2.00. The number of rotatable bonds is 2. The molecule has 2 rings (SSSR count). The average Bonchev–Trinajstić information content (AvgIpc) is 2.84. The van der Waals surface area contributed by atoms with Crippen molar-refractivity contribution in [2.24, 2.45) is 0 Å². The highest BCUT2D eigenvalue weighted by atomic mass is 32.1. The van der Waals surface area contributed by atoms with Crippen LogP contribution in [0.1, 0.15) is 15.2 Å². The van der Waals surface area contributed by atoms with Crippen molar-refractivity contribution in [1.82, 2.24) is 0 Å². The lowest BCUT2D eigenvalue weighted by molar-refractivity contribution is 0.106. The van der Waals surface area contributed by atoms with Gasteiger partial charge in [-0.2, -0.15) is 0 Å². The van der Waals surface area contributed by atoms with Gasteiger partial charge < -0.3 is 0 Å². The fourth-order valence-corrected chi connectivity index (χ4v) is 1.91. The Morgan fingerprint density at radius 3 is 2.62 bits per heavy atom. The van der Waals surface area contributed by atoms with E-state index in [1.807, 2.05) is 41.8 Å². The van der Waals surface area contributed by atoms with Gasteiger partial charge in [0.05, 0.1) is 4.88 Å². The average molecular weight is 226 g/mol. The molecule has 0 spiro atoms. The molecule has 1 nitrogen and oxygen atoms in total. The second kappa shape index (κ2) is 5.29. The molecule has 0 radical (unpaired) electrons. The van der Waals surface area contributed by atoms with E-state index in [1.165, 1.54) is 11.3 Å².